The van der Waals surface area contributed by atoms with E-state index in [1.807, 2.05) is 24.5 Å². The Morgan fingerprint density at radius 3 is 2.95 bits per heavy atom. The Hall–Kier alpha value is -0.900. The molecule has 114 valence electrons. The molecule has 0 bridgehead atoms. The second-order valence-corrected chi connectivity index (χ2v) is 6.62. The van der Waals surface area contributed by atoms with Gasteiger partial charge in [-0.1, -0.05) is 12.1 Å². The first-order chi connectivity index (χ1) is 9.78. The highest BCUT2D eigenvalue weighted by Gasteiger charge is 2.29. The number of rotatable bonds is 5. The van der Waals surface area contributed by atoms with Crippen molar-refractivity contribution in [1.29, 1.82) is 0 Å². The number of halogens is 2. The number of fused-ring (bicyclic) bond motifs is 1. The molecule has 0 aliphatic heterocycles. The monoisotopic (exact) mass is 325 g/mol. The largest absolute Gasteiger partial charge is 0.319 e. The molecule has 1 nitrogen and oxygen atoms in total. The van der Waals surface area contributed by atoms with Crippen molar-refractivity contribution in [3.63, 3.8) is 0 Å². The van der Waals surface area contributed by atoms with Crippen molar-refractivity contribution in [2.24, 2.45) is 5.92 Å². The summed E-state index contributed by atoms with van der Waals surface area (Å²) in [6, 6.07) is 9.66. The molecule has 0 spiro atoms. The number of benzene rings is 1. The van der Waals surface area contributed by atoms with Crippen LogP contribution in [0.15, 0.2) is 35.7 Å². The smallest absolute Gasteiger partial charge is 0.123 e. The van der Waals surface area contributed by atoms with E-state index in [9.17, 15) is 4.39 Å². The molecule has 2 aromatic rings. The molecule has 0 saturated carbocycles. The molecule has 3 rings (SSSR count). The Morgan fingerprint density at radius 2 is 2.24 bits per heavy atom. The van der Waals surface area contributed by atoms with E-state index in [0.717, 1.165) is 25.8 Å². The van der Waals surface area contributed by atoms with Gasteiger partial charge in [-0.25, -0.2) is 4.39 Å². The molecule has 0 fully saturated rings. The Bertz CT molecular complexity index is 570. The quantitative estimate of drug-likeness (QED) is 0.858. The minimum absolute atomic E-state index is 0. The predicted octanol–water partition coefficient (Wildman–Crippen LogP) is 4.42. The highest BCUT2D eigenvalue weighted by molar-refractivity contribution is 7.09. The molecular formula is C17H21ClFNS. The summed E-state index contributed by atoms with van der Waals surface area (Å²) in [5, 5.41) is 5.47. The van der Waals surface area contributed by atoms with Crippen LogP contribution in [0.5, 0.6) is 0 Å². The molecule has 1 aliphatic rings. The van der Waals surface area contributed by atoms with Gasteiger partial charge in [0.15, 0.2) is 0 Å². The highest BCUT2D eigenvalue weighted by Crippen LogP contribution is 2.40. The highest BCUT2D eigenvalue weighted by atomic mass is 35.5. The van der Waals surface area contributed by atoms with Gasteiger partial charge in [-0.15, -0.1) is 23.7 Å². The summed E-state index contributed by atoms with van der Waals surface area (Å²) in [6.07, 6.45) is 3.28. The van der Waals surface area contributed by atoms with Gasteiger partial charge < -0.3 is 5.32 Å². The van der Waals surface area contributed by atoms with Crippen LogP contribution >= 0.6 is 23.7 Å². The zero-order valence-electron chi connectivity index (χ0n) is 12.1. The van der Waals surface area contributed by atoms with Crippen molar-refractivity contribution in [2.75, 3.05) is 13.6 Å². The summed E-state index contributed by atoms with van der Waals surface area (Å²) in [5.74, 6) is 1.04. The van der Waals surface area contributed by atoms with Gasteiger partial charge in [0, 0.05) is 4.88 Å². The molecule has 4 heteroatoms. The fourth-order valence-corrected chi connectivity index (χ4v) is 4.21. The van der Waals surface area contributed by atoms with Crippen LogP contribution in [-0.4, -0.2) is 13.6 Å². The third kappa shape index (κ3) is 3.65. The van der Waals surface area contributed by atoms with E-state index in [-0.39, 0.29) is 18.2 Å². The third-order valence-corrected chi connectivity index (χ3v) is 5.21. The summed E-state index contributed by atoms with van der Waals surface area (Å²) in [6.45, 7) is 1.01. The second kappa shape index (κ2) is 7.39. The lowest BCUT2D eigenvalue weighted by molar-refractivity contribution is 0.405. The van der Waals surface area contributed by atoms with Gasteiger partial charge in [-0.2, -0.15) is 0 Å². The van der Waals surface area contributed by atoms with Crippen LogP contribution in [0.4, 0.5) is 4.39 Å². The summed E-state index contributed by atoms with van der Waals surface area (Å²) >= 11 is 1.83. The van der Waals surface area contributed by atoms with E-state index in [1.165, 1.54) is 16.0 Å². The summed E-state index contributed by atoms with van der Waals surface area (Å²) in [4.78, 5) is 1.45. The maximum absolute atomic E-state index is 13.3. The molecule has 2 unspecified atom stereocenters. The molecule has 0 saturated heterocycles. The van der Waals surface area contributed by atoms with Crippen LogP contribution in [0.25, 0.3) is 0 Å². The molecule has 21 heavy (non-hydrogen) atoms. The zero-order chi connectivity index (χ0) is 13.9. The van der Waals surface area contributed by atoms with E-state index in [1.54, 1.807) is 12.1 Å². The summed E-state index contributed by atoms with van der Waals surface area (Å²) in [7, 11) is 2.02. The molecule has 0 radical (unpaired) electrons. The van der Waals surface area contributed by atoms with E-state index in [0.29, 0.717) is 11.8 Å². The molecule has 1 aliphatic carbocycles. The minimum Gasteiger partial charge on any atom is -0.319 e. The van der Waals surface area contributed by atoms with Crippen LogP contribution in [0.3, 0.4) is 0 Å². The first-order valence-electron chi connectivity index (χ1n) is 7.23. The van der Waals surface area contributed by atoms with E-state index in [2.05, 4.69) is 22.8 Å². The van der Waals surface area contributed by atoms with Crippen molar-refractivity contribution in [2.45, 2.75) is 25.2 Å². The van der Waals surface area contributed by atoms with Crippen molar-refractivity contribution in [3.8, 4) is 0 Å². The average Bonchev–Trinajstić information content (AvgIpc) is 3.06. The maximum Gasteiger partial charge on any atom is 0.123 e. The van der Waals surface area contributed by atoms with Crippen LogP contribution in [-0.2, 0) is 12.8 Å². The lowest BCUT2D eigenvalue weighted by Gasteiger charge is -2.24. The lowest BCUT2D eigenvalue weighted by atomic mass is 9.84. The standard InChI is InChI=1S/C17H20FNS.ClH/c1-19-11-13(10-15-3-2-8-20-15)17-6-4-12-9-14(18)5-7-16(12)17;/h2-3,5,7-9,13,17,19H,4,6,10-11H2,1H3;1H. The number of hydrogen-bond acceptors (Lipinski definition) is 2. The molecule has 1 N–H and O–H groups in total. The van der Waals surface area contributed by atoms with Crippen molar-refractivity contribution in [1.82, 2.24) is 5.32 Å². The molecular weight excluding hydrogens is 305 g/mol. The SMILES string of the molecule is CNCC(Cc1cccs1)C1CCc2cc(F)ccc21.Cl. The topological polar surface area (TPSA) is 12.0 Å². The predicted molar refractivity (Wildman–Crippen MR) is 90.1 cm³/mol. The first kappa shape index (κ1) is 16.5. The number of nitrogens with one attached hydrogen (secondary N) is 1. The van der Waals surface area contributed by atoms with Crippen LogP contribution in [0.2, 0.25) is 0 Å². The Balaban J connectivity index is 0.00000161. The van der Waals surface area contributed by atoms with Crippen molar-refractivity contribution in [3.05, 3.63) is 57.5 Å². The van der Waals surface area contributed by atoms with E-state index < -0.39 is 0 Å². The van der Waals surface area contributed by atoms with Gasteiger partial charge in [0.1, 0.15) is 5.82 Å². The van der Waals surface area contributed by atoms with Gasteiger partial charge in [-0.05, 0) is 79.4 Å². The molecule has 0 amide bonds. The minimum atomic E-state index is -0.104. The van der Waals surface area contributed by atoms with E-state index in [4.69, 9.17) is 0 Å². The fraction of sp³-hybridized carbons (Fsp3) is 0.412. The lowest BCUT2D eigenvalue weighted by Crippen LogP contribution is -2.25. The summed E-state index contributed by atoms with van der Waals surface area (Å²) in [5.41, 5.74) is 2.57. The Labute approximate surface area is 136 Å². The zero-order valence-corrected chi connectivity index (χ0v) is 13.8. The van der Waals surface area contributed by atoms with E-state index >= 15 is 0 Å². The second-order valence-electron chi connectivity index (χ2n) is 5.59. The van der Waals surface area contributed by atoms with Crippen molar-refractivity contribution >= 4 is 23.7 Å². The van der Waals surface area contributed by atoms with Gasteiger partial charge in [0.05, 0.1) is 0 Å². The number of thiophene rings is 1. The maximum atomic E-state index is 13.3. The third-order valence-electron chi connectivity index (χ3n) is 4.31. The Morgan fingerprint density at radius 1 is 1.38 bits per heavy atom. The van der Waals surface area contributed by atoms with Crippen LogP contribution in [0, 0.1) is 11.7 Å². The van der Waals surface area contributed by atoms with Crippen LogP contribution in [0.1, 0.15) is 28.3 Å². The molecule has 1 aromatic carbocycles. The average molecular weight is 326 g/mol. The first-order valence-corrected chi connectivity index (χ1v) is 8.11. The van der Waals surface area contributed by atoms with Gasteiger partial charge >= 0.3 is 0 Å². The molecule has 1 heterocycles. The molecule has 1 aromatic heterocycles. The van der Waals surface area contributed by atoms with Crippen molar-refractivity contribution < 1.29 is 4.39 Å². The number of hydrogen-bond donors (Lipinski definition) is 1. The normalized spacial score (nSPS) is 18.1. The van der Waals surface area contributed by atoms with Gasteiger partial charge in [0.2, 0.25) is 0 Å². The summed E-state index contributed by atoms with van der Waals surface area (Å²) < 4.78 is 13.3. The Kier molecular flexibility index (Phi) is 5.80. The fourth-order valence-electron chi connectivity index (χ4n) is 3.41. The van der Waals surface area contributed by atoms with Gasteiger partial charge in [0.25, 0.3) is 0 Å². The van der Waals surface area contributed by atoms with Gasteiger partial charge in [-0.3, -0.25) is 0 Å². The molecule has 2 atom stereocenters. The van der Waals surface area contributed by atoms with Crippen LogP contribution < -0.4 is 5.32 Å². The number of aryl methyl sites for hydroxylation is 1.